The van der Waals surface area contributed by atoms with E-state index in [2.05, 4.69) is 54.5 Å². The van der Waals surface area contributed by atoms with E-state index >= 15 is 0 Å². The number of likely N-dealkylation sites (tertiary alicyclic amines) is 1. The highest BCUT2D eigenvalue weighted by molar-refractivity contribution is 6.09. The van der Waals surface area contributed by atoms with Gasteiger partial charge < -0.3 is 9.88 Å². The fraction of sp³-hybridized carbons (Fsp3) is 0.150. The molecule has 1 N–H and O–H groups in total. The van der Waals surface area contributed by atoms with Gasteiger partial charge in [0.25, 0.3) is 0 Å². The van der Waals surface area contributed by atoms with Crippen LogP contribution in [0.15, 0.2) is 61.8 Å². The van der Waals surface area contributed by atoms with Crippen molar-refractivity contribution in [1.29, 1.82) is 0 Å². The Hall–Kier alpha value is -2.81. The minimum atomic E-state index is 0.208. The third-order valence-electron chi connectivity index (χ3n) is 4.12. The van der Waals surface area contributed by atoms with E-state index in [1.165, 1.54) is 21.8 Å². The summed E-state index contributed by atoms with van der Waals surface area (Å²) in [5.74, 6) is 0.208. The largest absolute Gasteiger partial charge is 0.354 e. The topological polar surface area (TPSA) is 36.1 Å². The number of hydrogen-bond acceptors (Lipinski definition) is 1. The summed E-state index contributed by atoms with van der Waals surface area (Å²) in [6.45, 7) is 8.19. The number of fused-ring (bicyclic) bond motifs is 3. The Kier molecular flexibility index (Phi) is 4.29. The number of aromatic amines is 1. The van der Waals surface area contributed by atoms with Crippen LogP contribution in [-0.2, 0) is 4.79 Å². The second kappa shape index (κ2) is 6.53. The molecule has 0 unspecified atom stereocenters. The fourth-order valence-corrected chi connectivity index (χ4v) is 2.93. The van der Waals surface area contributed by atoms with Gasteiger partial charge in [-0.2, -0.15) is 0 Å². The Bertz CT molecular complexity index is 876. The van der Waals surface area contributed by atoms with Gasteiger partial charge in [-0.15, -0.1) is 0 Å². The lowest BCUT2D eigenvalue weighted by Crippen LogP contribution is -2.16. The number of H-pyrrole nitrogens is 1. The summed E-state index contributed by atoms with van der Waals surface area (Å²) in [6, 6.07) is 14.6. The second-order valence-corrected chi connectivity index (χ2v) is 5.52. The van der Waals surface area contributed by atoms with Gasteiger partial charge in [0.1, 0.15) is 0 Å². The molecule has 0 saturated carbocycles. The highest BCUT2D eigenvalue weighted by Gasteiger charge is 2.16. The van der Waals surface area contributed by atoms with Crippen molar-refractivity contribution < 1.29 is 4.79 Å². The Balaban J connectivity index is 0.000000166. The molecule has 23 heavy (non-hydrogen) atoms. The van der Waals surface area contributed by atoms with Crippen molar-refractivity contribution >= 4 is 33.8 Å². The molecule has 3 heteroatoms. The number of amides is 1. The lowest BCUT2D eigenvalue weighted by molar-refractivity contribution is -0.125. The van der Waals surface area contributed by atoms with Crippen LogP contribution in [0.4, 0.5) is 0 Å². The number of benzene rings is 2. The molecule has 0 bridgehead atoms. The Morgan fingerprint density at radius 1 is 1.04 bits per heavy atom. The van der Waals surface area contributed by atoms with Crippen molar-refractivity contribution in [2.75, 3.05) is 6.54 Å². The van der Waals surface area contributed by atoms with E-state index in [1.54, 1.807) is 11.1 Å². The minimum Gasteiger partial charge on any atom is -0.354 e. The quantitative estimate of drug-likeness (QED) is 0.731. The molecule has 4 rings (SSSR count). The molecule has 1 fully saturated rings. The van der Waals surface area contributed by atoms with Crippen molar-refractivity contribution in [3.63, 3.8) is 0 Å². The van der Waals surface area contributed by atoms with Crippen LogP contribution in [0.25, 0.3) is 27.9 Å². The second-order valence-electron chi connectivity index (χ2n) is 5.52. The van der Waals surface area contributed by atoms with Gasteiger partial charge >= 0.3 is 0 Å². The summed E-state index contributed by atoms with van der Waals surface area (Å²) >= 11 is 0. The normalized spacial score (nSPS) is 13.9. The SMILES string of the molecule is C=CN1CCCC1=O.C=Cc1cccc2c1[nH]c1ccccc12. The molecule has 0 spiro atoms. The first kappa shape index (κ1) is 15.1. The van der Waals surface area contributed by atoms with Crippen LogP contribution in [0.3, 0.4) is 0 Å². The van der Waals surface area contributed by atoms with Gasteiger partial charge in [0.15, 0.2) is 0 Å². The molecule has 0 radical (unpaired) electrons. The van der Waals surface area contributed by atoms with Gasteiger partial charge in [-0.1, -0.05) is 55.6 Å². The number of para-hydroxylation sites is 2. The van der Waals surface area contributed by atoms with E-state index in [-0.39, 0.29) is 5.91 Å². The van der Waals surface area contributed by atoms with Crippen molar-refractivity contribution in [3.8, 4) is 0 Å². The predicted molar refractivity (Wildman–Crippen MR) is 97.0 cm³/mol. The zero-order chi connectivity index (χ0) is 16.2. The van der Waals surface area contributed by atoms with Crippen LogP contribution in [0.5, 0.6) is 0 Å². The highest BCUT2D eigenvalue weighted by Crippen LogP contribution is 2.27. The van der Waals surface area contributed by atoms with E-state index in [0.29, 0.717) is 6.42 Å². The van der Waals surface area contributed by atoms with Crippen LogP contribution >= 0.6 is 0 Å². The molecule has 1 aliphatic heterocycles. The van der Waals surface area contributed by atoms with Gasteiger partial charge in [-0.25, -0.2) is 0 Å². The molecule has 0 atom stereocenters. The Labute approximate surface area is 135 Å². The molecular weight excluding hydrogens is 284 g/mol. The standard InChI is InChI=1S/C14H11N.C6H9NO/c1-2-10-6-5-8-12-11-7-3-4-9-13(11)15-14(10)12;1-2-7-5-3-4-6(7)8/h2-9,15H,1H2;2H,1,3-5H2. The summed E-state index contributed by atoms with van der Waals surface area (Å²) < 4.78 is 0. The molecule has 2 aromatic carbocycles. The van der Waals surface area contributed by atoms with Crippen molar-refractivity contribution in [3.05, 3.63) is 67.4 Å². The van der Waals surface area contributed by atoms with Crippen LogP contribution in [0.1, 0.15) is 18.4 Å². The summed E-state index contributed by atoms with van der Waals surface area (Å²) in [5, 5.41) is 2.54. The number of nitrogens with one attached hydrogen (secondary N) is 1. The predicted octanol–water partition coefficient (Wildman–Crippen LogP) is 4.72. The van der Waals surface area contributed by atoms with Crippen LogP contribution in [-0.4, -0.2) is 22.3 Å². The van der Waals surface area contributed by atoms with Gasteiger partial charge in [0.2, 0.25) is 5.91 Å². The molecule has 2 heterocycles. The fourth-order valence-electron chi connectivity index (χ4n) is 2.93. The third kappa shape index (κ3) is 2.90. The molecule has 1 aromatic heterocycles. The molecule has 1 amide bonds. The Morgan fingerprint density at radius 3 is 2.48 bits per heavy atom. The number of carbonyl (C=O) groups excluding carboxylic acids is 1. The maximum absolute atomic E-state index is 10.7. The van der Waals surface area contributed by atoms with Gasteiger partial charge in [0, 0.05) is 29.3 Å². The third-order valence-corrected chi connectivity index (χ3v) is 4.12. The van der Waals surface area contributed by atoms with E-state index in [9.17, 15) is 4.79 Å². The number of aromatic nitrogens is 1. The van der Waals surface area contributed by atoms with Gasteiger partial charge in [-0.3, -0.25) is 4.79 Å². The number of rotatable bonds is 2. The van der Waals surface area contributed by atoms with E-state index < -0.39 is 0 Å². The van der Waals surface area contributed by atoms with Crippen LogP contribution < -0.4 is 0 Å². The molecule has 116 valence electrons. The van der Waals surface area contributed by atoms with E-state index in [0.717, 1.165) is 18.5 Å². The maximum atomic E-state index is 10.7. The average Bonchev–Trinajstić information content (AvgIpc) is 3.18. The molecule has 3 aromatic rings. The zero-order valence-electron chi connectivity index (χ0n) is 13.1. The zero-order valence-corrected chi connectivity index (χ0v) is 13.1. The number of carbonyl (C=O) groups is 1. The lowest BCUT2D eigenvalue weighted by Gasteiger charge is -2.05. The molecule has 3 nitrogen and oxygen atoms in total. The first-order chi connectivity index (χ1) is 11.2. The van der Waals surface area contributed by atoms with Crippen molar-refractivity contribution in [1.82, 2.24) is 9.88 Å². The molecule has 0 aliphatic carbocycles. The van der Waals surface area contributed by atoms with Gasteiger partial charge in [0.05, 0.1) is 5.52 Å². The lowest BCUT2D eigenvalue weighted by atomic mass is 10.1. The summed E-state index contributed by atoms with van der Waals surface area (Å²) in [4.78, 5) is 15.7. The molecule has 1 aliphatic rings. The van der Waals surface area contributed by atoms with Crippen molar-refractivity contribution in [2.45, 2.75) is 12.8 Å². The first-order valence-electron chi connectivity index (χ1n) is 7.78. The number of nitrogens with zero attached hydrogens (tertiary/aromatic N) is 1. The van der Waals surface area contributed by atoms with Gasteiger partial charge in [-0.05, 0) is 24.3 Å². The smallest absolute Gasteiger partial charge is 0.226 e. The Morgan fingerprint density at radius 2 is 1.83 bits per heavy atom. The average molecular weight is 304 g/mol. The molecular formula is C20H20N2O. The van der Waals surface area contributed by atoms with Crippen molar-refractivity contribution in [2.24, 2.45) is 0 Å². The minimum absolute atomic E-state index is 0.208. The van der Waals surface area contributed by atoms with E-state index in [1.807, 2.05) is 12.1 Å². The summed E-state index contributed by atoms with van der Waals surface area (Å²) in [6.07, 6.45) is 5.17. The highest BCUT2D eigenvalue weighted by atomic mass is 16.2. The molecule has 1 saturated heterocycles. The maximum Gasteiger partial charge on any atom is 0.226 e. The summed E-state index contributed by atoms with van der Waals surface area (Å²) in [7, 11) is 0. The number of hydrogen-bond donors (Lipinski definition) is 1. The monoisotopic (exact) mass is 304 g/mol. The van der Waals surface area contributed by atoms with E-state index in [4.69, 9.17) is 0 Å². The van der Waals surface area contributed by atoms with Crippen LogP contribution in [0, 0.1) is 0 Å². The summed E-state index contributed by atoms with van der Waals surface area (Å²) in [5.41, 5.74) is 3.51. The first-order valence-corrected chi connectivity index (χ1v) is 7.78. The van der Waals surface area contributed by atoms with Crippen LogP contribution in [0.2, 0.25) is 0 Å².